The summed E-state index contributed by atoms with van der Waals surface area (Å²) in [5.74, 6) is -2.41. The van der Waals surface area contributed by atoms with Crippen molar-refractivity contribution in [3.05, 3.63) is 0 Å². The van der Waals surface area contributed by atoms with Gasteiger partial charge >= 0.3 is 11.9 Å². The number of carbonyl (C=O) groups is 2. The first-order valence-electron chi connectivity index (χ1n) is 5.22. The van der Waals surface area contributed by atoms with Gasteiger partial charge in [0.25, 0.3) is 0 Å². The number of hydrogen-bond acceptors (Lipinski definition) is 3. The van der Waals surface area contributed by atoms with Crippen molar-refractivity contribution in [3.8, 4) is 0 Å². The second kappa shape index (κ2) is 4.61. The van der Waals surface area contributed by atoms with Gasteiger partial charge < -0.3 is 15.1 Å². The Bertz CT molecular complexity index is 240. The first kappa shape index (κ1) is 12.0. The maximum Gasteiger partial charge on any atom is 0.321 e. The minimum absolute atomic E-state index is 0.206. The second-order valence-electron chi connectivity index (χ2n) is 4.03. The topological polar surface area (TPSA) is 77.8 Å². The van der Waals surface area contributed by atoms with Crippen LogP contribution >= 0.6 is 0 Å². The van der Waals surface area contributed by atoms with E-state index in [-0.39, 0.29) is 12.8 Å². The second-order valence-corrected chi connectivity index (χ2v) is 4.03. The van der Waals surface area contributed by atoms with E-state index in [1.54, 1.807) is 0 Å². The van der Waals surface area contributed by atoms with E-state index in [4.69, 9.17) is 10.2 Å². The van der Waals surface area contributed by atoms with Crippen LogP contribution in [0.5, 0.6) is 0 Å². The number of rotatable bonds is 4. The fourth-order valence-electron chi connectivity index (χ4n) is 1.99. The van der Waals surface area contributed by atoms with E-state index in [9.17, 15) is 9.59 Å². The molecule has 1 aliphatic rings. The molecule has 0 radical (unpaired) electrons. The molecule has 1 fully saturated rings. The third-order valence-electron chi connectivity index (χ3n) is 3.07. The van der Waals surface area contributed by atoms with Crippen molar-refractivity contribution in [1.82, 2.24) is 4.90 Å². The minimum Gasteiger partial charge on any atom is -0.480 e. The van der Waals surface area contributed by atoms with Crippen LogP contribution in [0.25, 0.3) is 0 Å². The molecule has 2 N–H and O–H groups in total. The zero-order valence-corrected chi connectivity index (χ0v) is 8.90. The van der Waals surface area contributed by atoms with E-state index in [1.165, 1.54) is 0 Å². The molecule has 5 nitrogen and oxygen atoms in total. The summed E-state index contributed by atoms with van der Waals surface area (Å²) in [6, 6.07) is 0. The minimum atomic E-state index is -1.55. The van der Waals surface area contributed by atoms with Crippen molar-refractivity contribution in [3.63, 3.8) is 0 Å². The molecule has 0 amide bonds. The molecule has 1 rings (SSSR count). The van der Waals surface area contributed by atoms with Gasteiger partial charge in [-0.1, -0.05) is 6.92 Å². The molecule has 0 aromatic heterocycles. The number of nitrogens with zero attached hydrogens (tertiary/aromatic N) is 1. The molecule has 0 aromatic carbocycles. The molecule has 1 saturated heterocycles. The van der Waals surface area contributed by atoms with Crippen LogP contribution in [0.3, 0.4) is 0 Å². The molecule has 1 heterocycles. The molecule has 0 aromatic rings. The van der Waals surface area contributed by atoms with Crippen LogP contribution < -0.4 is 0 Å². The van der Waals surface area contributed by atoms with Crippen LogP contribution in [0.1, 0.15) is 26.2 Å². The van der Waals surface area contributed by atoms with Crippen molar-refractivity contribution < 1.29 is 19.8 Å². The first-order valence-corrected chi connectivity index (χ1v) is 5.22. The van der Waals surface area contributed by atoms with E-state index >= 15 is 0 Å². The molecule has 1 aliphatic heterocycles. The van der Waals surface area contributed by atoms with Crippen molar-refractivity contribution in [1.29, 1.82) is 0 Å². The number of likely N-dealkylation sites (tertiary alicyclic amines) is 1. The van der Waals surface area contributed by atoms with Gasteiger partial charge in [-0.05, 0) is 38.9 Å². The monoisotopic (exact) mass is 215 g/mol. The number of carboxylic acid groups (broad SMARTS) is 2. The van der Waals surface area contributed by atoms with Crippen LogP contribution in [0.2, 0.25) is 0 Å². The van der Waals surface area contributed by atoms with E-state index < -0.39 is 17.4 Å². The molecule has 0 saturated carbocycles. The Morgan fingerprint density at radius 3 is 2.00 bits per heavy atom. The van der Waals surface area contributed by atoms with Crippen molar-refractivity contribution >= 4 is 11.9 Å². The molecule has 86 valence electrons. The van der Waals surface area contributed by atoms with Gasteiger partial charge in [0.15, 0.2) is 5.41 Å². The Balaban J connectivity index is 2.66. The lowest BCUT2D eigenvalue weighted by molar-refractivity contribution is -0.168. The maximum atomic E-state index is 11.0. The lowest BCUT2D eigenvalue weighted by Crippen LogP contribution is -2.49. The van der Waals surface area contributed by atoms with Gasteiger partial charge in [0.2, 0.25) is 0 Å². The quantitative estimate of drug-likeness (QED) is 0.673. The molecule has 5 heteroatoms. The van der Waals surface area contributed by atoms with Gasteiger partial charge in [-0.25, -0.2) is 0 Å². The summed E-state index contributed by atoms with van der Waals surface area (Å²) < 4.78 is 0. The van der Waals surface area contributed by atoms with E-state index in [0.29, 0.717) is 13.1 Å². The van der Waals surface area contributed by atoms with Gasteiger partial charge in [-0.3, -0.25) is 9.59 Å². The highest BCUT2D eigenvalue weighted by atomic mass is 16.4. The number of carboxylic acids is 2. The van der Waals surface area contributed by atoms with Gasteiger partial charge in [-0.2, -0.15) is 0 Å². The Kier molecular flexibility index (Phi) is 3.68. The fraction of sp³-hybridized carbons (Fsp3) is 0.800. The van der Waals surface area contributed by atoms with Gasteiger partial charge in [0, 0.05) is 0 Å². The Hall–Kier alpha value is -1.10. The highest BCUT2D eigenvalue weighted by molar-refractivity contribution is 5.98. The summed E-state index contributed by atoms with van der Waals surface area (Å²) in [4.78, 5) is 24.1. The summed E-state index contributed by atoms with van der Waals surface area (Å²) in [6.07, 6.45) is 1.42. The Morgan fingerprint density at radius 1 is 1.20 bits per heavy atom. The van der Waals surface area contributed by atoms with E-state index in [2.05, 4.69) is 11.8 Å². The van der Waals surface area contributed by atoms with Crippen LogP contribution in [0.4, 0.5) is 0 Å². The molecule has 0 spiro atoms. The van der Waals surface area contributed by atoms with Crippen LogP contribution in [-0.4, -0.2) is 46.7 Å². The molecule has 0 aliphatic carbocycles. The largest absolute Gasteiger partial charge is 0.480 e. The number of hydrogen-bond donors (Lipinski definition) is 2. The summed E-state index contributed by atoms with van der Waals surface area (Å²) in [7, 11) is 0. The van der Waals surface area contributed by atoms with Gasteiger partial charge in [-0.15, -0.1) is 0 Å². The summed E-state index contributed by atoms with van der Waals surface area (Å²) in [6.45, 7) is 4.09. The average molecular weight is 215 g/mol. The number of piperidine rings is 1. The third kappa shape index (κ3) is 2.28. The Labute approximate surface area is 88.7 Å². The predicted octanol–water partition coefficient (Wildman–Crippen LogP) is 0.648. The summed E-state index contributed by atoms with van der Waals surface area (Å²) >= 11 is 0. The van der Waals surface area contributed by atoms with E-state index in [0.717, 1.165) is 13.0 Å². The molecule has 0 bridgehead atoms. The third-order valence-corrected chi connectivity index (χ3v) is 3.07. The van der Waals surface area contributed by atoms with Gasteiger partial charge in [0.05, 0.1) is 0 Å². The molecule has 0 atom stereocenters. The zero-order valence-electron chi connectivity index (χ0n) is 8.90. The lowest BCUT2D eigenvalue weighted by atomic mass is 9.78. The van der Waals surface area contributed by atoms with Crippen LogP contribution in [0, 0.1) is 5.41 Å². The normalized spacial score (nSPS) is 21.1. The molecule has 0 unspecified atom stereocenters. The maximum absolute atomic E-state index is 11.0. The van der Waals surface area contributed by atoms with Crippen molar-refractivity contribution in [2.45, 2.75) is 26.2 Å². The van der Waals surface area contributed by atoms with Crippen molar-refractivity contribution in [2.24, 2.45) is 5.41 Å². The zero-order chi connectivity index (χ0) is 11.5. The average Bonchev–Trinajstić information content (AvgIpc) is 2.18. The van der Waals surface area contributed by atoms with Crippen molar-refractivity contribution in [2.75, 3.05) is 19.6 Å². The standard InChI is InChI=1S/C10H17NO4/c1-2-5-11-6-3-10(4-7-11,8(12)13)9(14)15/h2-7H2,1H3,(H,12,13)(H,14,15). The first-order chi connectivity index (χ1) is 7.03. The Morgan fingerprint density at radius 2 is 1.67 bits per heavy atom. The van der Waals surface area contributed by atoms with Gasteiger partial charge in [0.1, 0.15) is 0 Å². The fourth-order valence-corrected chi connectivity index (χ4v) is 1.99. The molecule has 15 heavy (non-hydrogen) atoms. The predicted molar refractivity (Wildman–Crippen MR) is 53.7 cm³/mol. The molecular formula is C10H17NO4. The van der Waals surface area contributed by atoms with Crippen LogP contribution in [-0.2, 0) is 9.59 Å². The summed E-state index contributed by atoms with van der Waals surface area (Å²) in [5, 5.41) is 18.0. The smallest absolute Gasteiger partial charge is 0.321 e. The summed E-state index contributed by atoms with van der Waals surface area (Å²) in [5.41, 5.74) is -1.55. The van der Waals surface area contributed by atoms with Crippen LogP contribution in [0.15, 0.2) is 0 Å². The molecular weight excluding hydrogens is 198 g/mol. The lowest BCUT2D eigenvalue weighted by Gasteiger charge is -2.35. The van der Waals surface area contributed by atoms with E-state index in [1.807, 2.05) is 0 Å². The SMILES string of the molecule is CCCN1CCC(C(=O)O)(C(=O)O)CC1. The number of aliphatic carboxylic acids is 2. The highest BCUT2D eigenvalue weighted by Crippen LogP contribution is 2.32. The highest BCUT2D eigenvalue weighted by Gasteiger charge is 2.48.